The molecule has 5 heteroatoms. The second-order valence-electron chi connectivity index (χ2n) is 3.91. The van der Waals surface area contributed by atoms with E-state index >= 15 is 0 Å². The van der Waals surface area contributed by atoms with Crippen LogP contribution >= 0.6 is 11.6 Å². The summed E-state index contributed by atoms with van der Waals surface area (Å²) < 4.78 is 0. The molecule has 0 fully saturated rings. The van der Waals surface area contributed by atoms with E-state index in [9.17, 15) is 4.79 Å². The number of nitrogens with zero attached hydrogens (tertiary/aromatic N) is 2. The zero-order chi connectivity index (χ0) is 13.1. The van der Waals surface area contributed by atoms with Gasteiger partial charge in [-0.05, 0) is 38.1 Å². The predicted molar refractivity (Wildman–Crippen MR) is 70.9 cm³/mol. The summed E-state index contributed by atoms with van der Waals surface area (Å²) in [6.07, 6.45) is 0. The fraction of sp³-hybridized carbons (Fsp3) is 0.154. The maximum absolute atomic E-state index is 12.0. The molecule has 1 amide bonds. The first kappa shape index (κ1) is 12.5. The molecule has 0 spiro atoms. The predicted octanol–water partition coefficient (Wildman–Crippen LogP) is 3.00. The van der Waals surface area contributed by atoms with Crippen molar-refractivity contribution in [1.29, 1.82) is 0 Å². The van der Waals surface area contributed by atoms with Crippen LogP contribution in [0.5, 0.6) is 0 Å². The van der Waals surface area contributed by atoms with Crippen LogP contribution in [0, 0.1) is 13.8 Å². The zero-order valence-electron chi connectivity index (χ0n) is 10.1. The molecule has 0 atom stereocenters. The number of carbonyl (C=O) groups is 1. The van der Waals surface area contributed by atoms with E-state index in [2.05, 4.69) is 15.3 Å². The number of carbonyl (C=O) groups excluding carboxylic acids is 1. The lowest BCUT2D eigenvalue weighted by Crippen LogP contribution is -2.15. The highest BCUT2D eigenvalue weighted by Gasteiger charge is 2.09. The van der Waals surface area contributed by atoms with Crippen molar-refractivity contribution in [2.45, 2.75) is 13.8 Å². The molecule has 0 aliphatic rings. The molecule has 2 aromatic rings. The van der Waals surface area contributed by atoms with Crippen molar-refractivity contribution < 1.29 is 4.79 Å². The largest absolute Gasteiger partial charge is 0.321 e. The Hall–Kier alpha value is -1.94. The number of halogens is 1. The van der Waals surface area contributed by atoms with Gasteiger partial charge in [0.05, 0.1) is 0 Å². The number of aryl methyl sites for hydroxylation is 2. The summed E-state index contributed by atoms with van der Waals surface area (Å²) in [7, 11) is 0. The lowest BCUT2D eigenvalue weighted by atomic mass is 10.3. The first-order valence-corrected chi connectivity index (χ1v) is 5.81. The Labute approximate surface area is 110 Å². The zero-order valence-corrected chi connectivity index (χ0v) is 10.8. The number of rotatable bonds is 2. The van der Waals surface area contributed by atoms with Crippen LogP contribution in [0.4, 0.5) is 5.69 Å². The van der Waals surface area contributed by atoms with Gasteiger partial charge in [-0.2, -0.15) is 0 Å². The van der Waals surface area contributed by atoms with Crippen LogP contribution in [0.1, 0.15) is 22.0 Å². The van der Waals surface area contributed by atoms with Gasteiger partial charge >= 0.3 is 0 Å². The summed E-state index contributed by atoms with van der Waals surface area (Å²) in [4.78, 5) is 20.2. The van der Waals surface area contributed by atoms with E-state index in [-0.39, 0.29) is 5.91 Å². The van der Waals surface area contributed by atoms with Gasteiger partial charge in [-0.1, -0.05) is 17.7 Å². The Morgan fingerprint density at radius 2 is 2.00 bits per heavy atom. The van der Waals surface area contributed by atoms with Crippen molar-refractivity contribution in [3.05, 3.63) is 52.6 Å². The molecule has 1 N–H and O–H groups in total. The minimum absolute atomic E-state index is 0.272. The van der Waals surface area contributed by atoms with Crippen LogP contribution in [0.25, 0.3) is 0 Å². The average Bonchev–Trinajstić information content (AvgIpc) is 2.27. The van der Waals surface area contributed by atoms with Crippen molar-refractivity contribution in [1.82, 2.24) is 9.97 Å². The number of aromatic nitrogens is 2. The molecule has 18 heavy (non-hydrogen) atoms. The Balaban J connectivity index is 2.22. The number of benzene rings is 1. The first-order chi connectivity index (χ1) is 8.54. The second kappa shape index (κ2) is 5.14. The molecule has 0 saturated carbocycles. The topological polar surface area (TPSA) is 54.9 Å². The van der Waals surface area contributed by atoms with Gasteiger partial charge in [-0.3, -0.25) is 4.79 Å². The third-order valence-electron chi connectivity index (χ3n) is 2.28. The van der Waals surface area contributed by atoms with E-state index in [1.165, 1.54) is 0 Å². The van der Waals surface area contributed by atoms with Gasteiger partial charge in [0.15, 0.2) is 0 Å². The lowest BCUT2D eigenvalue weighted by molar-refractivity contribution is 0.102. The smallest absolute Gasteiger partial charge is 0.274 e. The van der Waals surface area contributed by atoms with Crippen molar-refractivity contribution in [2.75, 3.05) is 5.32 Å². The Bertz CT molecular complexity index is 578. The first-order valence-electron chi connectivity index (χ1n) is 5.44. The van der Waals surface area contributed by atoms with E-state index in [4.69, 9.17) is 11.6 Å². The normalized spacial score (nSPS) is 10.2. The highest BCUT2D eigenvalue weighted by molar-refractivity contribution is 6.30. The summed E-state index contributed by atoms with van der Waals surface area (Å²) in [6, 6.07) is 8.61. The monoisotopic (exact) mass is 261 g/mol. The minimum Gasteiger partial charge on any atom is -0.321 e. The third-order valence-corrected chi connectivity index (χ3v) is 2.52. The van der Waals surface area contributed by atoms with E-state index in [1.54, 1.807) is 37.3 Å². The second-order valence-corrected chi connectivity index (χ2v) is 4.34. The maximum atomic E-state index is 12.0. The fourth-order valence-electron chi connectivity index (χ4n) is 1.59. The summed E-state index contributed by atoms with van der Waals surface area (Å²) in [6.45, 7) is 3.58. The van der Waals surface area contributed by atoms with Crippen molar-refractivity contribution in [2.24, 2.45) is 0 Å². The quantitative estimate of drug-likeness (QED) is 0.904. The van der Waals surface area contributed by atoms with E-state index in [1.807, 2.05) is 6.92 Å². The van der Waals surface area contributed by atoms with Crippen molar-refractivity contribution in [3.63, 3.8) is 0 Å². The van der Waals surface area contributed by atoms with E-state index < -0.39 is 0 Å². The standard InChI is InChI=1S/C13H12ClN3O/c1-8-6-12(16-9(2)15-8)13(18)17-11-5-3-4-10(14)7-11/h3-7H,1-2H3,(H,17,18). The molecule has 2 rings (SSSR count). The fourth-order valence-corrected chi connectivity index (χ4v) is 1.78. The molecule has 92 valence electrons. The molecular formula is C13H12ClN3O. The minimum atomic E-state index is -0.272. The molecule has 0 saturated heterocycles. The van der Waals surface area contributed by atoms with Crippen LogP contribution in [0.3, 0.4) is 0 Å². The van der Waals surface area contributed by atoms with Gasteiger partial charge in [0.2, 0.25) is 0 Å². The molecular weight excluding hydrogens is 250 g/mol. The summed E-state index contributed by atoms with van der Waals surface area (Å²) >= 11 is 5.85. The van der Waals surface area contributed by atoms with Gasteiger partial charge in [0, 0.05) is 16.4 Å². The molecule has 0 aliphatic carbocycles. The van der Waals surface area contributed by atoms with Crippen LogP contribution in [0.2, 0.25) is 5.02 Å². The number of amides is 1. The molecule has 0 radical (unpaired) electrons. The molecule has 1 aromatic carbocycles. The Morgan fingerprint density at radius 1 is 1.22 bits per heavy atom. The summed E-state index contributed by atoms with van der Waals surface area (Å²) in [5.41, 5.74) is 1.75. The van der Waals surface area contributed by atoms with Gasteiger partial charge in [-0.25, -0.2) is 9.97 Å². The highest BCUT2D eigenvalue weighted by atomic mass is 35.5. The summed E-state index contributed by atoms with van der Waals surface area (Å²) in [5.74, 6) is 0.303. The highest BCUT2D eigenvalue weighted by Crippen LogP contribution is 2.15. The van der Waals surface area contributed by atoms with Crippen molar-refractivity contribution in [3.8, 4) is 0 Å². The van der Waals surface area contributed by atoms with Crippen LogP contribution in [0.15, 0.2) is 30.3 Å². The molecule has 1 aromatic heterocycles. The number of anilines is 1. The molecule has 0 aliphatic heterocycles. The molecule has 0 unspecified atom stereocenters. The van der Waals surface area contributed by atoms with Gasteiger partial charge < -0.3 is 5.32 Å². The maximum Gasteiger partial charge on any atom is 0.274 e. The van der Waals surface area contributed by atoms with Gasteiger partial charge in [0.25, 0.3) is 5.91 Å². The van der Waals surface area contributed by atoms with Gasteiger partial charge in [0.1, 0.15) is 11.5 Å². The van der Waals surface area contributed by atoms with Crippen molar-refractivity contribution >= 4 is 23.2 Å². The van der Waals surface area contributed by atoms with Crippen LogP contribution < -0.4 is 5.32 Å². The number of nitrogens with one attached hydrogen (secondary N) is 1. The van der Waals surface area contributed by atoms with E-state index in [0.29, 0.717) is 22.2 Å². The Kier molecular flexibility index (Phi) is 3.58. The van der Waals surface area contributed by atoms with Crippen LogP contribution in [-0.2, 0) is 0 Å². The molecule has 4 nitrogen and oxygen atoms in total. The Morgan fingerprint density at radius 3 is 2.67 bits per heavy atom. The molecule has 0 bridgehead atoms. The van der Waals surface area contributed by atoms with E-state index in [0.717, 1.165) is 5.69 Å². The van der Waals surface area contributed by atoms with Crippen LogP contribution in [-0.4, -0.2) is 15.9 Å². The number of hydrogen-bond donors (Lipinski definition) is 1. The number of hydrogen-bond acceptors (Lipinski definition) is 3. The van der Waals surface area contributed by atoms with Gasteiger partial charge in [-0.15, -0.1) is 0 Å². The third kappa shape index (κ3) is 3.05. The SMILES string of the molecule is Cc1cc(C(=O)Nc2cccc(Cl)c2)nc(C)n1. The molecule has 1 heterocycles. The average molecular weight is 262 g/mol. The lowest BCUT2D eigenvalue weighted by Gasteiger charge is -2.06. The summed E-state index contributed by atoms with van der Waals surface area (Å²) in [5, 5.41) is 3.31.